The van der Waals surface area contributed by atoms with Gasteiger partial charge in [0.1, 0.15) is 16.8 Å². The van der Waals surface area contributed by atoms with E-state index in [0.717, 1.165) is 11.0 Å². The number of aryl methyl sites for hydroxylation is 1. The largest absolute Gasteiger partial charge is 0.433 e. The van der Waals surface area contributed by atoms with E-state index in [-0.39, 0.29) is 22.6 Å². The number of amides is 2. The van der Waals surface area contributed by atoms with Crippen LogP contribution in [-0.2, 0) is 15.8 Å². The molecule has 1 aromatic carbocycles. The Morgan fingerprint density at radius 1 is 1.26 bits per heavy atom. The van der Waals surface area contributed by atoms with Crippen LogP contribution in [0.5, 0.6) is 0 Å². The molecule has 0 N–H and O–H groups in total. The molecular formula is C18H12F3N3O2S. The lowest BCUT2D eigenvalue weighted by atomic mass is 10.1. The fraction of sp³-hybridized carbons (Fsp3) is 0.222. The van der Waals surface area contributed by atoms with Crippen molar-refractivity contribution in [1.29, 1.82) is 5.26 Å². The summed E-state index contributed by atoms with van der Waals surface area (Å²) in [5, 5.41) is 8.12. The van der Waals surface area contributed by atoms with E-state index in [1.807, 2.05) is 6.07 Å². The van der Waals surface area contributed by atoms with Crippen molar-refractivity contribution in [2.24, 2.45) is 0 Å². The number of halogens is 3. The number of para-hydroxylation sites is 1. The van der Waals surface area contributed by atoms with Crippen LogP contribution in [-0.4, -0.2) is 22.0 Å². The lowest BCUT2D eigenvalue weighted by Gasteiger charge is -2.15. The van der Waals surface area contributed by atoms with Crippen molar-refractivity contribution in [1.82, 2.24) is 4.98 Å². The molecule has 2 aromatic rings. The topological polar surface area (TPSA) is 74.1 Å². The third-order valence-electron chi connectivity index (χ3n) is 3.96. The van der Waals surface area contributed by atoms with Crippen molar-refractivity contribution < 1.29 is 22.8 Å². The third kappa shape index (κ3) is 3.66. The quantitative estimate of drug-likeness (QED) is 0.746. The minimum Gasteiger partial charge on any atom is -0.274 e. The molecule has 1 atom stereocenters. The fourth-order valence-corrected chi connectivity index (χ4v) is 3.87. The van der Waals surface area contributed by atoms with Crippen LogP contribution in [0.2, 0.25) is 0 Å². The van der Waals surface area contributed by atoms with E-state index in [0.29, 0.717) is 17.4 Å². The molecule has 5 nitrogen and oxygen atoms in total. The van der Waals surface area contributed by atoms with Crippen LogP contribution < -0.4 is 4.90 Å². The second kappa shape index (κ2) is 7.04. The first-order chi connectivity index (χ1) is 12.7. The highest BCUT2D eigenvalue weighted by Gasteiger charge is 2.41. The first kappa shape index (κ1) is 18.9. The summed E-state index contributed by atoms with van der Waals surface area (Å²) < 4.78 is 39.1. The summed E-state index contributed by atoms with van der Waals surface area (Å²) in [5.74, 6) is -0.997. The molecule has 2 amide bonds. The van der Waals surface area contributed by atoms with Crippen molar-refractivity contribution in [3.05, 3.63) is 53.2 Å². The summed E-state index contributed by atoms with van der Waals surface area (Å²) in [7, 11) is 0. The Hall–Kier alpha value is -2.86. The Labute approximate surface area is 156 Å². The van der Waals surface area contributed by atoms with Crippen molar-refractivity contribution in [2.45, 2.75) is 29.8 Å². The zero-order valence-electron chi connectivity index (χ0n) is 13.9. The van der Waals surface area contributed by atoms with Gasteiger partial charge in [0.15, 0.2) is 0 Å². The van der Waals surface area contributed by atoms with Crippen LogP contribution in [0.4, 0.5) is 18.9 Å². The maximum Gasteiger partial charge on any atom is 0.433 e. The molecule has 1 fully saturated rings. The minimum absolute atomic E-state index is 0.0357. The first-order valence-corrected chi connectivity index (χ1v) is 8.67. The number of nitriles is 1. The molecule has 1 aromatic heterocycles. The molecule has 3 rings (SSSR count). The van der Waals surface area contributed by atoms with Gasteiger partial charge in [-0.25, -0.2) is 9.88 Å². The molecule has 138 valence electrons. The average molecular weight is 391 g/mol. The van der Waals surface area contributed by atoms with Crippen molar-refractivity contribution in [2.75, 3.05) is 4.90 Å². The van der Waals surface area contributed by atoms with Crippen LogP contribution in [0, 0.1) is 18.3 Å². The molecule has 0 radical (unpaired) electrons. The van der Waals surface area contributed by atoms with Gasteiger partial charge in [0, 0.05) is 6.42 Å². The summed E-state index contributed by atoms with van der Waals surface area (Å²) in [6.45, 7) is 1.37. The van der Waals surface area contributed by atoms with Gasteiger partial charge >= 0.3 is 6.18 Å². The first-order valence-electron chi connectivity index (χ1n) is 7.80. The SMILES string of the molecule is Cc1cc(C(F)(F)F)nc(SC2CC(=O)N(c3ccccc3)C2=O)c1C#N. The second-order valence-electron chi connectivity index (χ2n) is 5.83. The van der Waals surface area contributed by atoms with E-state index in [2.05, 4.69) is 4.98 Å². The number of alkyl halides is 3. The third-order valence-corrected chi connectivity index (χ3v) is 5.13. The number of carbonyl (C=O) groups is 2. The standard InChI is InChI=1S/C18H12F3N3O2S/c1-10-7-14(18(19,20)21)23-16(12(10)9-22)27-13-8-15(25)24(17(13)26)11-5-3-2-4-6-11/h2-7,13H,8H2,1H3. The number of anilines is 1. The molecule has 9 heteroatoms. The monoisotopic (exact) mass is 391 g/mol. The van der Waals surface area contributed by atoms with E-state index in [1.54, 1.807) is 30.3 Å². The molecular weight excluding hydrogens is 379 g/mol. The van der Waals surface area contributed by atoms with Gasteiger partial charge in [-0.2, -0.15) is 18.4 Å². The predicted octanol–water partition coefficient (Wildman–Crippen LogP) is 3.70. The lowest BCUT2D eigenvalue weighted by Crippen LogP contribution is -2.31. The summed E-state index contributed by atoms with van der Waals surface area (Å²) >= 11 is 0.711. The molecule has 0 aliphatic carbocycles. The number of hydrogen-bond acceptors (Lipinski definition) is 5. The number of pyridine rings is 1. The molecule has 1 aliphatic heterocycles. The highest BCUT2D eigenvalue weighted by atomic mass is 32.2. The van der Waals surface area contributed by atoms with Gasteiger partial charge in [0.2, 0.25) is 11.8 Å². The number of nitrogens with zero attached hydrogens (tertiary/aromatic N) is 3. The zero-order valence-corrected chi connectivity index (χ0v) is 14.8. The highest BCUT2D eigenvalue weighted by Crippen LogP contribution is 2.37. The van der Waals surface area contributed by atoms with Gasteiger partial charge in [-0.1, -0.05) is 30.0 Å². The normalized spacial score (nSPS) is 17.3. The zero-order chi connectivity index (χ0) is 19.8. The molecule has 0 bridgehead atoms. The van der Waals surface area contributed by atoms with Gasteiger partial charge in [0.05, 0.1) is 16.5 Å². The van der Waals surface area contributed by atoms with Gasteiger partial charge < -0.3 is 0 Å². The van der Waals surface area contributed by atoms with Crippen molar-refractivity contribution >= 4 is 29.3 Å². The molecule has 0 saturated carbocycles. The van der Waals surface area contributed by atoms with Gasteiger partial charge in [0.25, 0.3) is 0 Å². The fourth-order valence-electron chi connectivity index (χ4n) is 2.69. The van der Waals surface area contributed by atoms with Crippen LogP contribution in [0.1, 0.15) is 23.2 Å². The van der Waals surface area contributed by atoms with E-state index in [9.17, 15) is 28.0 Å². The predicted molar refractivity (Wildman–Crippen MR) is 91.9 cm³/mol. The number of carbonyl (C=O) groups excluding carboxylic acids is 2. The van der Waals surface area contributed by atoms with Gasteiger partial charge in [-0.3, -0.25) is 9.59 Å². The Balaban J connectivity index is 1.94. The molecule has 1 aliphatic rings. The highest BCUT2D eigenvalue weighted by molar-refractivity contribution is 8.00. The van der Waals surface area contributed by atoms with Crippen LogP contribution >= 0.6 is 11.8 Å². The van der Waals surface area contributed by atoms with Crippen LogP contribution in [0.25, 0.3) is 0 Å². The maximum atomic E-state index is 13.0. The van der Waals surface area contributed by atoms with Gasteiger partial charge in [-0.15, -0.1) is 0 Å². The number of rotatable bonds is 3. The Kier molecular flexibility index (Phi) is 4.93. The summed E-state index contributed by atoms with van der Waals surface area (Å²) in [5.41, 5.74) is -0.673. The summed E-state index contributed by atoms with van der Waals surface area (Å²) in [6, 6.07) is 10.9. The number of thioether (sulfide) groups is 1. The van der Waals surface area contributed by atoms with Gasteiger partial charge in [-0.05, 0) is 30.7 Å². The number of aromatic nitrogens is 1. The molecule has 1 unspecified atom stereocenters. The number of hydrogen-bond donors (Lipinski definition) is 0. The number of benzene rings is 1. The molecule has 1 saturated heterocycles. The average Bonchev–Trinajstić information content (AvgIpc) is 2.88. The van der Waals surface area contributed by atoms with E-state index >= 15 is 0 Å². The van der Waals surface area contributed by atoms with Crippen LogP contribution in [0.3, 0.4) is 0 Å². The minimum atomic E-state index is -4.68. The number of imide groups is 1. The van der Waals surface area contributed by atoms with Crippen molar-refractivity contribution in [3.63, 3.8) is 0 Å². The smallest absolute Gasteiger partial charge is 0.274 e. The van der Waals surface area contributed by atoms with E-state index in [1.165, 1.54) is 6.92 Å². The molecule has 2 heterocycles. The lowest BCUT2D eigenvalue weighted by molar-refractivity contribution is -0.141. The maximum absolute atomic E-state index is 13.0. The summed E-state index contributed by atoms with van der Waals surface area (Å²) in [6.07, 6.45) is -4.86. The Morgan fingerprint density at radius 3 is 2.52 bits per heavy atom. The van der Waals surface area contributed by atoms with E-state index in [4.69, 9.17) is 0 Å². The second-order valence-corrected chi connectivity index (χ2v) is 7.02. The molecule has 27 heavy (non-hydrogen) atoms. The Morgan fingerprint density at radius 2 is 1.93 bits per heavy atom. The van der Waals surface area contributed by atoms with Crippen molar-refractivity contribution in [3.8, 4) is 6.07 Å². The Bertz CT molecular complexity index is 955. The summed E-state index contributed by atoms with van der Waals surface area (Å²) in [4.78, 5) is 29.4. The molecule has 0 spiro atoms. The van der Waals surface area contributed by atoms with Crippen LogP contribution in [0.15, 0.2) is 41.4 Å². The van der Waals surface area contributed by atoms with E-state index < -0.39 is 28.9 Å².